The average molecular weight is 331 g/mol. The van der Waals surface area contributed by atoms with Gasteiger partial charge in [0.25, 0.3) is 0 Å². The van der Waals surface area contributed by atoms with Gasteiger partial charge in [-0.15, -0.1) is 0 Å². The largest absolute Gasteiger partial charge is 0.507 e. The van der Waals surface area contributed by atoms with Crippen LogP contribution in [0.2, 0.25) is 0 Å². The van der Waals surface area contributed by atoms with E-state index < -0.39 is 5.60 Å². The zero-order valence-electron chi connectivity index (χ0n) is 15.0. The summed E-state index contributed by atoms with van der Waals surface area (Å²) in [5.41, 5.74) is 1.87. The van der Waals surface area contributed by atoms with Crippen molar-refractivity contribution in [1.82, 2.24) is 4.90 Å². The number of aromatic hydroxyl groups is 1. The Morgan fingerprint density at radius 1 is 1.12 bits per heavy atom. The highest BCUT2D eigenvalue weighted by atomic mass is 19.1. The molecular weight excluding hydrogens is 305 g/mol. The minimum Gasteiger partial charge on any atom is -0.507 e. The Labute approximate surface area is 143 Å². The van der Waals surface area contributed by atoms with Crippen LogP contribution in [0, 0.1) is 12.7 Å². The number of phenolic OH excluding ortho intramolecular Hbond substituents is 1. The molecule has 2 aromatic carbocycles. The van der Waals surface area contributed by atoms with E-state index in [0.717, 1.165) is 5.56 Å². The number of rotatable bonds is 5. The molecule has 2 N–H and O–H groups in total. The van der Waals surface area contributed by atoms with Crippen molar-refractivity contribution < 1.29 is 14.6 Å². The third-order valence-electron chi connectivity index (χ3n) is 4.49. The second-order valence-electron chi connectivity index (χ2n) is 7.10. The maximum atomic E-state index is 13.8. The maximum Gasteiger partial charge on any atom is 0.126 e. The van der Waals surface area contributed by atoms with Crippen molar-refractivity contribution in [2.45, 2.75) is 38.8 Å². The van der Waals surface area contributed by atoms with Gasteiger partial charge >= 0.3 is 0 Å². The zero-order chi connectivity index (χ0) is 18.1. The molecule has 0 saturated heterocycles. The zero-order valence-corrected chi connectivity index (χ0v) is 15.0. The van der Waals surface area contributed by atoms with Gasteiger partial charge in [-0.2, -0.15) is 0 Å². The van der Waals surface area contributed by atoms with Crippen LogP contribution in [0.3, 0.4) is 0 Å². The van der Waals surface area contributed by atoms with Crippen molar-refractivity contribution in [3.8, 4) is 16.9 Å². The Morgan fingerprint density at radius 2 is 1.79 bits per heavy atom. The first kappa shape index (κ1) is 18.4. The molecule has 0 aliphatic rings. The molecule has 0 unspecified atom stereocenters. The van der Waals surface area contributed by atoms with Gasteiger partial charge in [-0.3, -0.25) is 0 Å². The molecule has 2 aromatic rings. The molecule has 2 rings (SSSR count). The van der Waals surface area contributed by atoms with Crippen molar-refractivity contribution in [3.05, 3.63) is 53.3 Å². The highest BCUT2D eigenvalue weighted by molar-refractivity contribution is 5.73. The summed E-state index contributed by atoms with van der Waals surface area (Å²) in [7, 11) is 3.85. The fraction of sp³-hybridized carbons (Fsp3) is 0.400. The Morgan fingerprint density at radius 3 is 2.33 bits per heavy atom. The lowest BCUT2D eigenvalue weighted by atomic mass is 9.90. The molecule has 3 nitrogen and oxygen atoms in total. The molecule has 24 heavy (non-hydrogen) atoms. The molecule has 130 valence electrons. The van der Waals surface area contributed by atoms with E-state index in [1.807, 2.05) is 31.1 Å². The first-order valence-corrected chi connectivity index (χ1v) is 8.07. The summed E-state index contributed by atoms with van der Waals surface area (Å²) in [6, 6.07) is 10.2. The van der Waals surface area contributed by atoms with Crippen molar-refractivity contribution >= 4 is 0 Å². The molecule has 0 heterocycles. The SMILES string of the molecule is Cc1c(F)cccc1-c1ccc(C[C@@H](N(C)C)C(C)(C)O)cc1O. The molecule has 0 saturated carbocycles. The second-order valence-corrected chi connectivity index (χ2v) is 7.10. The predicted octanol–water partition coefficient (Wildman–Crippen LogP) is 3.75. The van der Waals surface area contributed by atoms with Crippen LogP contribution in [0.1, 0.15) is 25.0 Å². The van der Waals surface area contributed by atoms with E-state index in [2.05, 4.69) is 0 Å². The summed E-state index contributed by atoms with van der Waals surface area (Å²) in [6.07, 6.45) is 0.604. The van der Waals surface area contributed by atoms with Gasteiger partial charge in [0.1, 0.15) is 11.6 Å². The van der Waals surface area contributed by atoms with Crippen molar-refractivity contribution in [2.24, 2.45) is 0 Å². The number of halogens is 1. The van der Waals surface area contributed by atoms with E-state index in [1.54, 1.807) is 39.0 Å². The lowest BCUT2D eigenvalue weighted by Crippen LogP contribution is -2.47. The quantitative estimate of drug-likeness (QED) is 0.877. The predicted molar refractivity (Wildman–Crippen MR) is 95.7 cm³/mol. The van der Waals surface area contributed by atoms with Crippen LogP contribution in [0.15, 0.2) is 36.4 Å². The summed E-state index contributed by atoms with van der Waals surface area (Å²) in [5.74, 6) is -0.167. The van der Waals surface area contributed by atoms with Crippen LogP contribution in [0.5, 0.6) is 5.75 Å². The fourth-order valence-electron chi connectivity index (χ4n) is 3.12. The Kier molecular flexibility index (Phi) is 5.31. The van der Waals surface area contributed by atoms with Crippen molar-refractivity contribution in [1.29, 1.82) is 0 Å². The van der Waals surface area contributed by atoms with Crippen LogP contribution in [0.25, 0.3) is 11.1 Å². The Hall–Kier alpha value is -1.91. The number of hydrogen-bond donors (Lipinski definition) is 2. The molecule has 0 aliphatic heterocycles. The molecule has 0 spiro atoms. The smallest absolute Gasteiger partial charge is 0.126 e. The summed E-state index contributed by atoms with van der Waals surface area (Å²) < 4.78 is 13.8. The number of aliphatic hydroxyl groups is 1. The van der Waals surface area contributed by atoms with Gasteiger partial charge in [0.15, 0.2) is 0 Å². The minimum absolute atomic E-state index is 0.0846. The number of nitrogens with zero attached hydrogens (tertiary/aromatic N) is 1. The Balaban J connectivity index is 2.35. The molecular formula is C20H26FNO2. The third-order valence-corrected chi connectivity index (χ3v) is 4.49. The lowest BCUT2D eigenvalue weighted by molar-refractivity contribution is -0.00168. The van der Waals surface area contributed by atoms with Crippen molar-refractivity contribution in [3.63, 3.8) is 0 Å². The summed E-state index contributed by atoms with van der Waals surface area (Å²) in [6.45, 7) is 5.26. The van der Waals surface area contributed by atoms with Gasteiger partial charge in [0.05, 0.1) is 5.60 Å². The number of hydrogen-bond acceptors (Lipinski definition) is 3. The number of likely N-dealkylation sites (N-methyl/N-ethyl adjacent to an activating group) is 1. The highest BCUT2D eigenvalue weighted by Crippen LogP contribution is 2.33. The normalized spacial score (nSPS) is 13.3. The molecule has 0 bridgehead atoms. The summed E-state index contributed by atoms with van der Waals surface area (Å²) in [4.78, 5) is 1.97. The van der Waals surface area contributed by atoms with Gasteiger partial charge in [-0.1, -0.05) is 24.3 Å². The first-order chi connectivity index (χ1) is 11.1. The van der Waals surface area contributed by atoms with Gasteiger partial charge in [-0.25, -0.2) is 4.39 Å². The van der Waals surface area contributed by atoms with Crippen molar-refractivity contribution in [2.75, 3.05) is 14.1 Å². The fourth-order valence-corrected chi connectivity index (χ4v) is 3.12. The lowest BCUT2D eigenvalue weighted by Gasteiger charge is -2.35. The van der Waals surface area contributed by atoms with E-state index in [-0.39, 0.29) is 17.6 Å². The molecule has 0 fully saturated rings. The molecule has 4 heteroatoms. The highest BCUT2D eigenvalue weighted by Gasteiger charge is 2.29. The Bertz CT molecular complexity index is 720. The monoisotopic (exact) mass is 331 g/mol. The topological polar surface area (TPSA) is 43.7 Å². The molecule has 1 atom stereocenters. The molecule has 0 amide bonds. The van der Waals surface area contributed by atoms with Gasteiger partial charge in [-0.05, 0) is 70.1 Å². The summed E-state index contributed by atoms with van der Waals surface area (Å²) >= 11 is 0. The van der Waals surface area contributed by atoms with Crippen LogP contribution >= 0.6 is 0 Å². The van der Waals surface area contributed by atoms with Crippen LogP contribution in [-0.4, -0.2) is 40.9 Å². The maximum absolute atomic E-state index is 13.8. The van der Waals surface area contributed by atoms with Gasteiger partial charge in [0.2, 0.25) is 0 Å². The second kappa shape index (κ2) is 6.91. The van der Waals surface area contributed by atoms with E-state index in [1.165, 1.54) is 6.07 Å². The van der Waals surface area contributed by atoms with Crippen LogP contribution < -0.4 is 0 Å². The van der Waals surface area contributed by atoms with Crippen LogP contribution in [0.4, 0.5) is 4.39 Å². The van der Waals surface area contributed by atoms with E-state index >= 15 is 0 Å². The third kappa shape index (κ3) is 3.94. The van der Waals surface area contributed by atoms with Gasteiger partial charge in [0, 0.05) is 11.6 Å². The van der Waals surface area contributed by atoms with E-state index in [9.17, 15) is 14.6 Å². The van der Waals surface area contributed by atoms with Crippen LogP contribution in [-0.2, 0) is 6.42 Å². The number of phenols is 1. The van der Waals surface area contributed by atoms with Gasteiger partial charge < -0.3 is 15.1 Å². The van der Waals surface area contributed by atoms with E-state index in [0.29, 0.717) is 23.1 Å². The standard InChI is InChI=1S/C20H26FNO2/c1-13-15(7-6-8-17(13)21)16-10-9-14(11-18(16)23)12-19(22(4)5)20(2,3)24/h6-11,19,23-24H,12H2,1-5H3/t19-/m1/s1. The van der Waals surface area contributed by atoms with E-state index in [4.69, 9.17) is 0 Å². The average Bonchev–Trinajstić information content (AvgIpc) is 2.47. The molecule has 0 aliphatic carbocycles. The minimum atomic E-state index is -0.864. The molecule has 0 aromatic heterocycles. The first-order valence-electron chi connectivity index (χ1n) is 8.07. The number of benzene rings is 2. The summed E-state index contributed by atoms with van der Waals surface area (Å²) in [5, 5.41) is 20.7. The molecule has 0 radical (unpaired) electrons.